The predicted molar refractivity (Wildman–Crippen MR) is 103 cm³/mol. The molecule has 3 aliphatic rings. The molecule has 0 bridgehead atoms. The lowest BCUT2D eigenvalue weighted by atomic mass is 9.40. The molecule has 2 aliphatic carbocycles. The van der Waals surface area contributed by atoms with Gasteiger partial charge in [0.15, 0.2) is 17.5 Å². The summed E-state index contributed by atoms with van der Waals surface area (Å²) >= 11 is 0. The first kappa shape index (κ1) is 21.5. The van der Waals surface area contributed by atoms with Crippen LogP contribution in [0.2, 0.25) is 0 Å². The lowest BCUT2D eigenvalue weighted by Crippen LogP contribution is -2.84. The lowest BCUT2D eigenvalue weighted by Gasteiger charge is -2.70. The molecule has 1 saturated heterocycles. The number of hydrogen-bond acceptors (Lipinski definition) is 6. The third kappa shape index (κ3) is 2.50. The van der Waals surface area contributed by atoms with E-state index in [4.69, 9.17) is 9.47 Å². The average molecular weight is 395 g/mol. The van der Waals surface area contributed by atoms with Gasteiger partial charge in [-0.25, -0.2) is 0 Å². The Bertz CT molecular complexity index is 716. The van der Waals surface area contributed by atoms with Crippen LogP contribution >= 0.6 is 0 Å². The molecule has 2 saturated carbocycles. The van der Waals surface area contributed by atoms with E-state index in [1.165, 1.54) is 13.0 Å². The van der Waals surface area contributed by atoms with Crippen molar-refractivity contribution in [2.24, 2.45) is 16.7 Å². The van der Waals surface area contributed by atoms with E-state index in [1.54, 1.807) is 13.8 Å². The number of ether oxygens (including phenoxy) is 2. The number of esters is 1. The summed E-state index contributed by atoms with van der Waals surface area (Å²) in [4.78, 5) is 25.5. The molecule has 7 unspecified atom stereocenters. The number of ketones is 1. The van der Waals surface area contributed by atoms with Crippen molar-refractivity contribution in [1.82, 2.24) is 0 Å². The third-order valence-electron chi connectivity index (χ3n) is 7.87. The highest BCUT2D eigenvalue weighted by Gasteiger charge is 2.79. The van der Waals surface area contributed by atoms with Gasteiger partial charge >= 0.3 is 5.97 Å². The van der Waals surface area contributed by atoms with Crippen LogP contribution in [0.15, 0.2) is 12.7 Å². The smallest absolute Gasteiger partial charge is 0.303 e. The Labute approximate surface area is 167 Å². The van der Waals surface area contributed by atoms with Gasteiger partial charge < -0.3 is 19.7 Å². The van der Waals surface area contributed by atoms with Crippen molar-refractivity contribution in [3.05, 3.63) is 12.7 Å². The maximum absolute atomic E-state index is 13.5. The Morgan fingerprint density at radius 3 is 2.39 bits per heavy atom. The highest BCUT2D eigenvalue weighted by molar-refractivity contribution is 5.92. The highest BCUT2D eigenvalue weighted by Crippen LogP contribution is 2.66. The van der Waals surface area contributed by atoms with Crippen LogP contribution in [-0.2, 0) is 19.1 Å². The van der Waals surface area contributed by atoms with Gasteiger partial charge in [-0.1, -0.05) is 33.3 Å². The fraction of sp³-hybridized carbons (Fsp3) is 0.818. The van der Waals surface area contributed by atoms with Crippen LogP contribution < -0.4 is 0 Å². The molecule has 0 aromatic heterocycles. The summed E-state index contributed by atoms with van der Waals surface area (Å²) in [5, 5.41) is 23.6. The number of Topliss-reactive ketones (excluding diaryl/α,β-unsaturated/α-hetero) is 1. The van der Waals surface area contributed by atoms with Gasteiger partial charge in [0, 0.05) is 24.7 Å². The van der Waals surface area contributed by atoms with Crippen LogP contribution in [0.4, 0.5) is 0 Å². The van der Waals surface area contributed by atoms with E-state index in [0.29, 0.717) is 6.42 Å². The SMILES string of the molecule is C=CC1(C)CC(=O)C2(O)C3(C)CCCC(C)(C)C3C(O)C(OC(C)=O)C2(C)O1. The lowest BCUT2D eigenvalue weighted by molar-refractivity contribution is -0.357. The molecular weight excluding hydrogens is 360 g/mol. The second kappa shape index (κ2) is 6.13. The van der Waals surface area contributed by atoms with Gasteiger partial charge in [-0.3, -0.25) is 9.59 Å². The van der Waals surface area contributed by atoms with Crippen LogP contribution in [-0.4, -0.2) is 51.0 Å². The second-order valence-electron chi connectivity index (χ2n) is 10.3. The van der Waals surface area contributed by atoms with Gasteiger partial charge in [-0.2, -0.15) is 0 Å². The molecule has 0 aromatic rings. The number of fused-ring (bicyclic) bond motifs is 3. The fourth-order valence-corrected chi connectivity index (χ4v) is 6.77. The summed E-state index contributed by atoms with van der Waals surface area (Å²) in [5.41, 5.74) is -5.79. The number of aliphatic hydroxyl groups excluding tert-OH is 1. The number of rotatable bonds is 2. The summed E-state index contributed by atoms with van der Waals surface area (Å²) in [6.45, 7) is 14.3. The average Bonchev–Trinajstić information content (AvgIpc) is 2.55. The van der Waals surface area contributed by atoms with Crippen LogP contribution in [0.3, 0.4) is 0 Å². The molecule has 2 N–H and O–H groups in total. The predicted octanol–water partition coefficient (Wildman–Crippen LogP) is 2.55. The summed E-state index contributed by atoms with van der Waals surface area (Å²) in [6.07, 6.45) is 1.53. The van der Waals surface area contributed by atoms with E-state index in [1.807, 2.05) is 20.8 Å². The monoisotopic (exact) mass is 394 g/mol. The van der Waals surface area contributed by atoms with Gasteiger partial charge in [0.25, 0.3) is 0 Å². The van der Waals surface area contributed by atoms with Crippen LogP contribution in [0, 0.1) is 16.7 Å². The Morgan fingerprint density at radius 1 is 1.25 bits per heavy atom. The van der Waals surface area contributed by atoms with Crippen molar-refractivity contribution in [2.75, 3.05) is 0 Å². The topological polar surface area (TPSA) is 93.1 Å². The zero-order chi connectivity index (χ0) is 21.3. The number of aliphatic hydroxyl groups is 2. The minimum absolute atomic E-state index is 0.0196. The van der Waals surface area contributed by atoms with Gasteiger partial charge in [0.05, 0.1) is 11.7 Å². The largest absolute Gasteiger partial charge is 0.457 e. The van der Waals surface area contributed by atoms with Gasteiger partial charge in [-0.15, -0.1) is 6.58 Å². The van der Waals surface area contributed by atoms with E-state index >= 15 is 0 Å². The molecule has 7 atom stereocenters. The van der Waals surface area contributed by atoms with Crippen molar-refractivity contribution < 1.29 is 29.3 Å². The molecule has 0 spiro atoms. The van der Waals surface area contributed by atoms with Gasteiger partial charge in [-0.05, 0) is 32.1 Å². The zero-order valence-electron chi connectivity index (χ0n) is 17.9. The quantitative estimate of drug-likeness (QED) is 0.552. The first-order valence-electron chi connectivity index (χ1n) is 10.1. The Morgan fingerprint density at radius 2 is 1.86 bits per heavy atom. The van der Waals surface area contributed by atoms with E-state index < -0.39 is 46.3 Å². The molecule has 0 radical (unpaired) electrons. The standard InChI is InChI=1S/C22H34O6/c1-8-19(5)12-14(24)22(26)20(6)11-9-10-18(3,4)16(20)15(25)17(27-13(2)23)21(22,7)28-19/h8,15-17,25-26H,1,9-12H2,2-7H3. The minimum atomic E-state index is -1.90. The Kier molecular flexibility index (Phi) is 4.70. The Balaban J connectivity index is 2.28. The molecule has 3 fully saturated rings. The van der Waals surface area contributed by atoms with E-state index in [-0.39, 0.29) is 17.6 Å². The number of carbonyl (C=O) groups excluding carboxylic acids is 2. The number of hydrogen-bond donors (Lipinski definition) is 2. The van der Waals surface area contributed by atoms with Crippen LogP contribution in [0.25, 0.3) is 0 Å². The van der Waals surface area contributed by atoms with Crippen molar-refractivity contribution in [3.8, 4) is 0 Å². The summed E-state index contributed by atoms with van der Waals surface area (Å²) < 4.78 is 11.9. The zero-order valence-corrected chi connectivity index (χ0v) is 17.9. The normalized spacial score (nSPS) is 50.3. The first-order chi connectivity index (χ1) is 12.7. The molecule has 28 heavy (non-hydrogen) atoms. The maximum Gasteiger partial charge on any atom is 0.303 e. The van der Waals surface area contributed by atoms with Crippen LogP contribution in [0.5, 0.6) is 0 Å². The third-order valence-corrected chi connectivity index (χ3v) is 7.87. The minimum Gasteiger partial charge on any atom is -0.457 e. The maximum atomic E-state index is 13.5. The molecule has 1 heterocycles. The number of carbonyl (C=O) groups is 2. The van der Waals surface area contributed by atoms with E-state index in [0.717, 1.165) is 12.8 Å². The molecule has 0 amide bonds. The van der Waals surface area contributed by atoms with Crippen molar-refractivity contribution >= 4 is 11.8 Å². The molecule has 3 rings (SSSR count). The first-order valence-corrected chi connectivity index (χ1v) is 10.1. The van der Waals surface area contributed by atoms with Crippen molar-refractivity contribution in [1.29, 1.82) is 0 Å². The van der Waals surface area contributed by atoms with E-state index in [9.17, 15) is 19.8 Å². The summed E-state index contributed by atoms with van der Waals surface area (Å²) in [7, 11) is 0. The molecule has 6 nitrogen and oxygen atoms in total. The summed E-state index contributed by atoms with van der Waals surface area (Å²) in [5.74, 6) is -1.37. The van der Waals surface area contributed by atoms with Crippen LogP contribution in [0.1, 0.15) is 67.2 Å². The van der Waals surface area contributed by atoms with Crippen molar-refractivity contribution in [3.63, 3.8) is 0 Å². The highest BCUT2D eigenvalue weighted by atomic mass is 16.6. The molecule has 158 valence electrons. The molecule has 0 aromatic carbocycles. The molecular formula is C22H34O6. The van der Waals surface area contributed by atoms with Gasteiger partial charge in [0.2, 0.25) is 0 Å². The van der Waals surface area contributed by atoms with Crippen molar-refractivity contribution in [2.45, 2.75) is 96.2 Å². The molecule has 1 aliphatic heterocycles. The second-order valence-corrected chi connectivity index (χ2v) is 10.3. The Hall–Kier alpha value is -1.24. The summed E-state index contributed by atoms with van der Waals surface area (Å²) in [6, 6.07) is 0. The van der Waals surface area contributed by atoms with Gasteiger partial charge in [0.1, 0.15) is 5.60 Å². The molecule has 6 heteroatoms. The van der Waals surface area contributed by atoms with E-state index in [2.05, 4.69) is 6.58 Å². The fourth-order valence-electron chi connectivity index (χ4n) is 6.77.